The lowest BCUT2D eigenvalue weighted by molar-refractivity contribution is 0.102. The zero-order valence-corrected chi connectivity index (χ0v) is 16.0. The van der Waals surface area contributed by atoms with Gasteiger partial charge in [0.05, 0.1) is 5.69 Å². The van der Waals surface area contributed by atoms with Gasteiger partial charge >= 0.3 is 0 Å². The summed E-state index contributed by atoms with van der Waals surface area (Å²) in [7, 11) is 0. The highest BCUT2D eigenvalue weighted by Gasteiger charge is 2.12. The number of anilines is 1. The third-order valence-corrected chi connectivity index (χ3v) is 5.30. The van der Waals surface area contributed by atoms with Gasteiger partial charge in [-0.25, -0.2) is 4.98 Å². The van der Waals surface area contributed by atoms with Crippen molar-refractivity contribution < 1.29 is 4.79 Å². The van der Waals surface area contributed by atoms with Crippen LogP contribution in [0.15, 0.2) is 53.0 Å². The van der Waals surface area contributed by atoms with Crippen LogP contribution in [0.2, 0.25) is 5.02 Å². The maximum atomic E-state index is 12.3. The Morgan fingerprint density at radius 3 is 2.71 bits per heavy atom. The number of halogens is 2. The molecule has 6 heteroatoms. The van der Waals surface area contributed by atoms with E-state index in [0.717, 1.165) is 32.1 Å². The molecular weight excluding hydrogens is 408 g/mol. The lowest BCUT2D eigenvalue weighted by Gasteiger charge is -2.02. The Labute approximate surface area is 157 Å². The highest BCUT2D eigenvalue weighted by atomic mass is 79.9. The highest BCUT2D eigenvalue weighted by Crippen LogP contribution is 2.26. The van der Waals surface area contributed by atoms with Crippen molar-refractivity contribution in [3.63, 3.8) is 0 Å². The molecule has 0 spiro atoms. The predicted octanol–water partition coefficient (Wildman–Crippen LogP) is 5.71. The number of carbonyl (C=O) groups excluding carboxylic acids is 1. The van der Waals surface area contributed by atoms with Crippen LogP contribution in [0.1, 0.15) is 26.5 Å². The summed E-state index contributed by atoms with van der Waals surface area (Å²) >= 11 is 10.8. The molecular formula is C18H14BrClN2OS. The standard InChI is InChI=1S/C18H14BrClN2OS/c1-11-16(9-12-5-7-15(20)8-6-12)24-18(21-11)22-17(23)13-3-2-4-14(19)10-13/h2-8,10H,9H2,1H3,(H,21,22,23). The number of carbonyl (C=O) groups is 1. The first-order chi connectivity index (χ1) is 11.5. The van der Waals surface area contributed by atoms with Crippen LogP contribution < -0.4 is 5.32 Å². The summed E-state index contributed by atoms with van der Waals surface area (Å²) in [6.07, 6.45) is 0.771. The molecule has 3 aromatic rings. The molecule has 122 valence electrons. The molecule has 1 aromatic heterocycles. The minimum absolute atomic E-state index is 0.164. The smallest absolute Gasteiger partial charge is 0.257 e. The van der Waals surface area contributed by atoms with E-state index in [1.165, 1.54) is 11.3 Å². The Hall–Kier alpha value is -1.69. The Balaban J connectivity index is 1.74. The maximum absolute atomic E-state index is 12.3. The topological polar surface area (TPSA) is 42.0 Å². The van der Waals surface area contributed by atoms with Crippen LogP contribution in [-0.4, -0.2) is 10.9 Å². The average Bonchev–Trinajstić information content (AvgIpc) is 2.89. The molecule has 1 heterocycles. The Morgan fingerprint density at radius 2 is 2.00 bits per heavy atom. The Morgan fingerprint density at radius 1 is 1.25 bits per heavy atom. The fourth-order valence-corrected chi connectivity index (χ4v) is 3.75. The normalized spacial score (nSPS) is 10.6. The van der Waals surface area contributed by atoms with E-state index in [1.54, 1.807) is 12.1 Å². The number of aromatic nitrogens is 1. The van der Waals surface area contributed by atoms with Crippen molar-refractivity contribution in [2.24, 2.45) is 0 Å². The van der Waals surface area contributed by atoms with Crippen molar-refractivity contribution in [1.82, 2.24) is 4.98 Å². The molecule has 0 saturated heterocycles. The minimum Gasteiger partial charge on any atom is -0.298 e. The number of hydrogen-bond donors (Lipinski definition) is 1. The van der Waals surface area contributed by atoms with E-state index in [0.29, 0.717) is 10.7 Å². The SMILES string of the molecule is Cc1nc(NC(=O)c2cccc(Br)c2)sc1Cc1ccc(Cl)cc1. The van der Waals surface area contributed by atoms with Gasteiger partial charge in [-0.2, -0.15) is 0 Å². The Bertz CT molecular complexity index is 877. The van der Waals surface area contributed by atoms with Gasteiger partial charge in [0.15, 0.2) is 5.13 Å². The molecule has 0 aliphatic rings. The molecule has 2 aromatic carbocycles. The second kappa shape index (κ2) is 7.47. The van der Waals surface area contributed by atoms with Gasteiger partial charge in [-0.05, 0) is 42.8 Å². The van der Waals surface area contributed by atoms with Gasteiger partial charge in [-0.15, -0.1) is 11.3 Å². The first-order valence-electron chi connectivity index (χ1n) is 7.29. The fourth-order valence-electron chi connectivity index (χ4n) is 2.23. The lowest BCUT2D eigenvalue weighted by atomic mass is 10.1. The van der Waals surface area contributed by atoms with Gasteiger partial charge in [0.1, 0.15) is 0 Å². The molecule has 0 atom stereocenters. The molecule has 0 fully saturated rings. The number of amides is 1. The van der Waals surface area contributed by atoms with E-state index in [4.69, 9.17) is 11.6 Å². The number of nitrogens with zero attached hydrogens (tertiary/aromatic N) is 1. The zero-order valence-electron chi connectivity index (χ0n) is 12.8. The number of benzene rings is 2. The van der Waals surface area contributed by atoms with Crippen LogP contribution in [0.4, 0.5) is 5.13 Å². The summed E-state index contributed by atoms with van der Waals surface area (Å²) in [6, 6.07) is 15.0. The number of hydrogen-bond acceptors (Lipinski definition) is 3. The summed E-state index contributed by atoms with van der Waals surface area (Å²) in [5, 5.41) is 4.20. The molecule has 1 amide bonds. The van der Waals surface area contributed by atoms with Crippen molar-refractivity contribution in [1.29, 1.82) is 0 Å². The summed E-state index contributed by atoms with van der Waals surface area (Å²) in [5.74, 6) is -0.164. The second-order valence-corrected chi connectivity index (χ2v) is 7.73. The van der Waals surface area contributed by atoms with Gasteiger partial charge in [-0.1, -0.05) is 45.7 Å². The number of nitrogens with one attached hydrogen (secondary N) is 1. The van der Waals surface area contributed by atoms with Gasteiger partial charge in [0.2, 0.25) is 0 Å². The van der Waals surface area contributed by atoms with Crippen LogP contribution in [0, 0.1) is 6.92 Å². The molecule has 3 nitrogen and oxygen atoms in total. The molecule has 1 N–H and O–H groups in total. The monoisotopic (exact) mass is 420 g/mol. The number of aryl methyl sites for hydroxylation is 1. The van der Waals surface area contributed by atoms with Crippen LogP contribution in [0.3, 0.4) is 0 Å². The highest BCUT2D eigenvalue weighted by molar-refractivity contribution is 9.10. The third kappa shape index (κ3) is 4.23. The molecule has 24 heavy (non-hydrogen) atoms. The predicted molar refractivity (Wildman–Crippen MR) is 103 cm³/mol. The quantitative estimate of drug-likeness (QED) is 0.586. The van der Waals surface area contributed by atoms with E-state index in [2.05, 4.69) is 26.2 Å². The van der Waals surface area contributed by atoms with E-state index >= 15 is 0 Å². The minimum atomic E-state index is -0.164. The van der Waals surface area contributed by atoms with E-state index < -0.39 is 0 Å². The van der Waals surface area contributed by atoms with Crippen molar-refractivity contribution in [3.8, 4) is 0 Å². The molecule has 0 saturated carbocycles. The summed E-state index contributed by atoms with van der Waals surface area (Å²) in [6.45, 7) is 1.95. The van der Waals surface area contributed by atoms with Crippen LogP contribution >= 0.6 is 38.9 Å². The number of rotatable bonds is 4. The van der Waals surface area contributed by atoms with Crippen molar-refractivity contribution in [3.05, 3.63) is 79.7 Å². The van der Waals surface area contributed by atoms with Gasteiger partial charge in [0.25, 0.3) is 5.91 Å². The van der Waals surface area contributed by atoms with Crippen LogP contribution in [0.5, 0.6) is 0 Å². The summed E-state index contributed by atoms with van der Waals surface area (Å²) in [5.41, 5.74) is 2.69. The van der Waals surface area contributed by atoms with Crippen LogP contribution in [0.25, 0.3) is 0 Å². The van der Waals surface area contributed by atoms with E-state index in [1.807, 2.05) is 43.3 Å². The molecule has 0 aliphatic heterocycles. The zero-order chi connectivity index (χ0) is 17.1. The molecule has 0 aliphatic carbocycles. The molecule has 0 radical (unpaired) electrons. The molecule has 0 unspecified atom stereocenters. The second-order valence-electron chi connectivity index (χ2n) is 5.30. The molecule has 3 rings (SSSR count). The first kappa shape index (κ1) is 17.1. The van der Waals surface area contributed by atoms with Gasteiger partial charge in [0, 0.05) is 26.4 Å². The van der Waals surface area contributed by atoms with Crippen molar-refractivity contribution >= 4 is 49.9 Å². The third-order valence-electron chi connectivity index (χ3n) is 3.48. The largest absolute Gasteiger partial charge is 0.298 e. The summed E-state index contributed by atoms with van der Waals surface area (Å²) < 4.78 is 0.869. The van der Waals surface area contributed by atoms with Gasteiger partial charge in [-0.3, -0.25) is 10.1 Å². The van der Waals surface area contributed by atoms with E-state index in [-0.39, 0.29) is 5.91 Å². The Kier molecular flexibility index (Phi) is 5.33. The van der Waals surface area contributed by atoms with Gasteiger partial charge < -0.3 is 0 Å². The fraction of sp³-hybridized carbons (Fsp3) is 0.111. The summed E-state index contributed by atoms with van der Waals surface area (Å²) in [4.78, 5) is 17.9. The molecule has 0 bridgehead atoms. The first-order valence-corrected chi connectivity index (χ1v) is 9.27. The van der Waals surface area contributed by atoms with E-state index in [9.17, 15) is 4.79 Å². The van der Waals surface area contributed by atoms with Crippen molar-refractivity contribution in [2.75, 3.05) is 5.32 Å². The lowest BCUT2D eigenvalue weighted by Crippen LogP contribution is -2.11. The number of thiazole rings is 1. The van der Waals surface area contributed by atoms with Crippen molar-refractivity contribution in [2.45, 2.75) is 13.3 Å². The maximum Gasteiger partial charge on any atom is 0.257 e. The van der Waals surface area contributed by atoms with Crippen LogP contribution in [-0.2, 0) is 6.42 Å². The average molecular weight is 422 g/mol.